The SMILES string of the molecule is Cc1ccc(S(=O)(=O)C(NC=O)c2ccc(F)cc2F)cc1. The number of carbonyl (C=O) groups excluding carboxylic acids is 1. The molecule has 1 atom stereocenters. The molecule has 0 radical (unpaired) electrons. The van der Waals surface area contributed by atoms with Crippen molar-refractivity contribution in [2.45, 2.75) is 17.2 Å². The third-order valence-electron chi connectivity index (χ3n) is 3.12. The molecule has 0 heterocycles. The van der Waals surface area contributed by atoms with Crippen LogP contribution in [0.25, 0.3) is 0 Å². The van der Waals surface area contributed by atoms with Crippen LogP contribution in [0.5, 0.6) is 0 Å². The van der Waals surface area contributed by atoms with Gasteiger partial charge in [0.05, 0.1) is 4.90 Å². The highest BCUT2D eigenvalue weighted by atomic mass is 32.2. The van der Waals surface area contributed by atoms with Crippen molar-refractivity contribution >= 4 is 16.2 Å². The fraction of sp³-hybridized carbons (Fsp3) is 0.133. The summed E-state index contributed by atoms with van der Waals surface area (Å²) >= 11 is 0. The van der Waals surface area contributed by atoms with Gasteiger partial charge in [-0.1, -0.05) is 23.8 Å². The van der Waals surface area contributed by atoms with Crippen LogP contribution in [0.15, 0.2) is 47.4 Å². The molecule has 2 rings (SSSR count). The van der Waals surface area contributed by atoms with E-state index in [9.17, 15) is 22.0 Å². The summed E-state index contributed by atoms with van der Waals surface area (Å²) < 4.78 is 52.0. The summed E-state index contributed by atoms with van der Waals surface area (Å²) in [5, 5.41) is 0.450. The van der Waals surface area contributed by atoms with Gasteiger partial charge in [0.2, 0.25) is 16.2 Å². The van der Waals surface area contributed by atoms with Crippen LogP contribution in [0, 0.1) is 18.6 Å². The van der Waals surface area contributed by atoms with Gasteiger partial charge in [-0.25, -0.2) is 17.2 Å². The molecule has 1 N–H and O–H groups in total. The lowest BCUT2D eigenvalue weighted by Crippen LogP contribution is -2.28. The predicted molar refractivity (Wildman–Crippen MR) is 76.7 cm³/mol. The average Bonchev–Trinajstić information content (AvgIpc) is 2.46. The molecule has 2 aromatic rings. The normalized spacial score (nSPS) is 12.7. The highest BCUT2D eigenvalue weighted by Crippen LogP contribution is 2.28. The molecule has 0 saturated carbocycles. The highest BCUT2D eigenvalue weighted by Gasteiger charge is 2.31. The number of halogens is 2. The first-order valence-electron chi connectivity index (χ1n) is 6.31. The van der Waals surface area contributed by atoms with Crippen molar-refractivity contribution in [3.8, 4) is 0 Å². The zero-order chi connectivity index (χ0) is 16.3. The molecule has 0 bridgehead atoms. The predicted octanol–water partition coefficient (Wildman–Crippen LogP) is 2.49. The van der Waals surface area contributed by atoms with E-state index in [0.717, 1.165) is 17.7 Å². The van der Waals surface area contributed by atoms with Crippen LogP contribution in [0.2, 0.25) is 0 Å². The largest absolute Gasteiger partial charge is 0.338 e. The Hall–Kier alpha value is -2.28. The van der Waals surface area contributed by atoms with E-state index in [4.69, 9.17) is 0 Å². The number of carbonyl (C=O) groups is 1. The van der Waals surface area contributed by atoms with Gasteiger partial charge in [-0.05, 0) is 25.1 Å². The first-order chi connectivity index (χ1) is 10.4. The van der Waals surface area contributed by atoms with Crippen LogP contribution < -0.4 is 5.32 Å². The second-order valence-electron chi connectivity index (χ2n) is 4.69. The van der Waals surface area contributed by atoms with E-state index >= 15 is 0 Å². The highest BCUT2D eigenvalue weighted by molar-refractivity contribution is 7.91. The summed E-state index contributed by atoms with van der Waals surface area (Å²) in [5.74, 6) is -1.88. The standard InChI is InChI=1S/C15H13F2NO3S/c1-10-2-5-12(6-3-10)22(20,21)15(18-9-19)13-7-4-11(16)8-14(13)17/h2-9,15H,1H3,(H,18,19). The molecule has 0 aromatic heterocycles. The Labute approximate surface area is 126 Å². The smallest absolute Gasteiger partial charge is 0.208 e. The van der Waals surface area contributed by atoms with Gasteiger partial charge < -0.3 is 5.32 Å². The van der Waals surface area contributed by atoms with Crippen LogP contribution in [-0.4, -0.2) is 14.8 Å². The second kappa shape index (κ2) is 6.23. The van der Waals surface area contributed by atoms with Crippen molar-refractivity contribution in [1.29, 1.82) is 0 Å². The van der Waals surface area contributed by atoms with E-state index in [-0.39, 0.29) is 16.9 Å². The minimum absolute atomic E-state index is 0.0684. The van der Waals surface area contributed by atoms with Crippen molar-refractivity contribution in [3.63, 3.8) is 0 Å². The summed E-state index contributed by atoms with van der Waals surface area (Å²) in [6.07, 6.45) is 0.166. The van der Waals surface area contributed by atoms with E-state index in [1.54, 1.807) is 19.1 Å². The fourth-order valence-corrected chi connectivity index (χ4v) is 3.53. The molecule has 4 nitrogen and oxygen atoms in total. The number of nitrogens with one attached hydrogen (secondary N) is 1. The molecular weight excluding hydrogens is 312 g/mol. The molecular formula is C15H13F2NO3S. The molecule has 0 aliphatic carbocycles. The fourth-order valence-electron chi connectivity index (χ4n) is 1.99. The maximum atomic E-state index is 13.9. The molecule has 0 aliphatic rings. The molecule has 0 fully saturated rings. The number of hydrogen-bond acceptors (Lipinski definition) is 3. The third-order valence-corrected chi connectivity index (χ3v) is 5.06. The number of sulfone groups is 1. The van der Waals surface area contributed by atoms with Crippen LogP contribution in [0.4, 0.5) is 8.78 Å². The van der Waals surface area contributed by atoms with E-state index in [0.29, 0.717) is 6.07 Å². The van der Waals surface area contributed by atoms with Crippen LogP contribution in [0.3, 0.4) is 0 Å². The number of benzene rings is 2. The molecule has 0 saturated heterocycles. The van der Waals surface area contributed by atoms with Crippen molar-refractivity contribution < 1.29 is 22.0 Å². The summed E-state index contributed by atoms with van der Waals surface area (Å²) in [5.41, 5.74) is 0.529. The van der Waals surface area contributed by atoms with Gasteiger partial charge in [0.1, 0.15) is 11.6 Å². The second-order valence-corrected chi connectivity index (χ2v) is 6.72. The van der Waals surface area contributed by atoms with Crippen molar-refractivity contribution in [1.82, 2.24) is 5.32 Å². The van der Waals surface area contributed by atoms with Crippen LogP contribution in [-0.2, 0) is 14.6 Å². The lowest BCUT2D eigenvalue weighted by Gasteiger charge is -2.18. The molecule has 1 amide bonds. The molecule has 7 heteroatoms. The topological polar surface area (TPSA) is 63.2 Å². The van der Waals surface area contributed by atoms with Gasteiger partial charge in [0.25, 0.3) is 0 Å². The quantitative estimate of drug-likeness (QED) is 0.859. The Kier molecular flexibility index (Phi) is 4.56. The number of aryl methyl sites for hydroxylation is 1. The molecule has 0 aliphatic heterocycles. The summed E-state index contributed by atoms with van der Waals surface area (Å²) in [6.45, 7) is 1.79. The van der Waals surface area contributed by atoms with Crippen molar-refractivity contribution in [3.05, 3.63) is 65.2 Å². The molecule has 22 heavy (non-hydrogen) atoms. The van der Waals surface area contributed by atoms with Gasteiger partial charge >= 0.3 is 0 Å². The van der Waals surface area contributed by atoms with Gasteiger partial charge in [-0.15, -0.1) is 0 Å². The Morgan fingerprint density at radius 2 is 1.73 bits per heavy atom. The minimum Gasteiger partial charge on any atom is -0.338 e. The first-order valence-corrected chi connectivity index (χ1v) is 7.86. The Balaban J connectivity index is 2.55. The van der Waals surface area contributed by atoms with Crippen LogP contribution in [0.1, 0.15) is 16.5 Å². The van der Waals surface area contributed by atoms with E-state index in [1.807, 2.05) is 0 Å². The number of hydrogen-bond donors (Lipinski definition) is 1. The van der Waals surface area contributed by atoms with Crippen molar-refractivity contribution in [2.24, 2.45) is 0 Å². The van der Waals surface area contributed by atoms with E-state index < -0.39 is 26.8 Å². The summed E-state index contributed by atoms with van der Waals surface area (Å²) in [4.78, 5) is 10.7. The van der Waals surface area contributed by atoms with Gasteiger partial charge in [-0.3, -0.25) is 4.79 Å². The van der Waals surface area contributed by atoms with Crippen molar-refractivity contribution in [2.75, 3.05) is 0 Å². The van der Waals surface area contributed by atoms with E-state index in [2.05, 4.69) is 5.32 Å². The Morgan fingerprint density at radius 1 is 1.09 bits per heavy atom. The summed E-state index contributed by atoms with van der Waals surface area (Å²) in [7, 11) is -4.07. The Bertz CT molecular complexity index is 789. The maximum Gasteiger partial charge on any atom is 0.208 e. The average molecular weight is 325 g/mol. The van der Waals surface area contributed by atoms with Crippen LogP contribution >= 0.6 is 0 Å². The number of amides is 1. The summed E-state index contributed by atoms with van der Waals surface area (Å²) in [6, 6.07) is 8.41. The van der Waals surface area contributed by atoms with E-state index in [1.165, 1.54) is 12.1 Å². The minimum atomic E-state index is -4.07. The molecule has 2 aromatic carbocycles. The maximum absolute atomic E-state index is 13.9. The zero-order valence-corrected chi connectivity index (χ0v) is 12.4. The van der Waals surface area contributed by atoms with Gasteiger partial charge in [-0.2, -0.15) is 0 Å². The molecule has 0 spiro atoms. The first kappa shape index (κ1) is 16.1. The lowest BCUT2D eigenvalue weighted by atomic mass is 10.2. The monoisotopic (exact) mass is 325 g/mol. The zero-order valence-electron chi connectivity index (χ0n) is 11.6. The number of rotatable bonds is 5. The third kappa shape index (κ3) is 3.14. The molecule has 116 valence electrons. The van der Waals surface area contributed by atoms with Gasteiger partial charge in [0, 0.05) is 11.6 Å². The van der Waals surface area contributed by atoms with Gasteiger partial charge in [0.15, 0.2) is 5.37 Å². The Morgan fingerprint density at radius 3 is 2.27 bits per heavy atom. The molecule has 1 unspecified atom stereocenters. The lowest BCUT2D eigenvalue weighted by molar-refractivity contribution is -0.109.